The van der Waals surface area contributed by atoms with Gasteiger partial charge in [0, 0.05) is 18.1 Å². The molecular formula is C23H34N2O5S. The number of nitrogens with zero attached hydrogens (tertiary/aromatic N) is 2. The number of fused-ring (bicyclic) bond motifs is 1. The molecule has 1 heterocycles. The molecule has 0 aliphatic heterocycles. The zero-order chi connectivity index (χ0) is 22.6. The second kappa shape index (κ2) is 9.71. The third-order valence-corrected chi connectivity index (χ3v) is 6.98. The molecule has 1 saturated carbocycles. The SMILES string of the molecule is CN(C)CCc1cn(S(=O)(=O)OCC(C)(C)C(=O)OC2CCCCC2)c2ccccc12. The van der Waals surface area contributed by atoms with Crippen molar-refractivity contribution in [2.45, 2.75) is 58.5 Å². The maximum Gasteiger partial charge on any atom is 0.366 e. The summed E-state index contributed by atoms with van der Waals surface area (Å²) in [5.74, 6) is -0.418. The van der Waals surface area contributed by atoms with E-state index in [-0.39, 0.29) is 12.7 Å². The van der Waals surface area contributed by atoms with Crippen LogP contribution in [0.2, 0.25) is 0 Å². The van der Waals surface area contributed by atoms with E-state index in [4.69, 9.17) is 8.92 Å². The zero-order valence-corrected chi connectivity index (χ0v) is 19.8. The molecule has 0 amide bonds. The van der Waals surface area contributed by atoms with Gasteiger partial charge in [0.2, 0.25) is 0 Å². The van der Waals surface area contributed by atoms with Crippen molar-refractivity contribution >= 4 is 27.2 Å². The van der Waals surface area contributed by atoms with Crippen LogP contribution < -0.4 is 0 Å². The van der Waals surface area contributed by atoms with Crippen LogP contribution in [-0.4, -0.2) is 56.6 Å². The van der Waals surface area contributed by atoms with E-state index >= 15 is 0 Å². The molecule has 31 heavy (non-hydrogen) atoms. The molecule has 3 rings (SSSR count). The largest absolute Gasteiger partial charge is 0.462 e. The number of para-hydroxylation sites is 1. The third-order valence-electron chi connectivity index (χ3n) is 5.78. The van der Waals surface area contributed by atoms with Gasteiger partial charge in [-0.3, -0.25) is 8.98 Å². The number of likely N-dealkylation sites (N-methyl/N-ethyl adjacent to an activating group) is 1. The monoisotopic (exact) mass is 450 g/mol. The van der Waals surface area contributed by atoms with Crippen molar-refractivity contribution in [2.24, 2.45) is 5.41 Å². The second-order valence-corrected chi connectivity index (χ2v) is 10.8. The molecule has 0 radical (unpaired) electrons. The molecular weight excluding hydrogens is 416 g/mol. The molecule has 1 aromatic heterocycles. The van der Waals surface area contributed by atoms with E-state index in [0.717, 1.165) is 49.6 Å². The Bertz CT molecular complexity index is 1000. The van der Waals surface area contributed by atoms with E-state index in [2.05, 4.69) is 4.90 Å². The van der Waals surface area contributed by atoms with Crippen molar-refractivity contribution in [3.8, 4) is 0 Å². The Morgan fingerprint density at radius 1 is 1.16 bits per heavy atom. The topological polar surface area (TPSA) is 77.8 Å². The fourth-order valence-corrected chi connectivity index (χ4v) is 4.99. The summed E-state index contributed by atoms with van der Waals surface area (Å²) in [6.45, 7) is 3.84. The van der Waals surface area contributed by atoms with Crippen LogP contribution in [0.1, 0.15) is 51.5 Å². The summed E-state index contributed by atoms with van der Waals surface area (Å²) in [4.78, 5) is 14.7. The number of carbonyl (C=O) groups is 1. The summed E-state index contributed by atoms with van der Waals surface area (Å²) < 4.78 is 38.2. The molecule has 7 nitrogen and oxygen atoms in total. The molecule has 0 N–H and O–H groups in total. The van der Waals surface area contributed by atoms with E-state index in [1.165, 1.54) is 10.4 Å². The third kappa shape index (κ3) is 5.87. The predicted octanol–water partition coefficient (Wildman–Crippen LogP) is 3.76. The second-order valence-electron chi connectivity index (χ2n) is 9.29. The van der Waals surface area contributed by atoms with Crippen LogP contribution >= 0.6 is 0 Å². The summed E-state index contributed by atoms with van der Waals surface area (Å²) in [6.07, 6.45) is 7.27. The molecule has 1 fully saturated rings. The Labute approximate surface area is 185 Å². The first kappa shape index (κ1) is 23.8. The van der Waals surface area contributed by atoms with Crippen molar-refractivity contribution in [3.63, 3.8) is 0 Å². The van der Waals surface area contributed by atoms with E-state index < -0.39 is 21.7 Å². The van der Waals surface area contributed by atoms with Gasteiger partial charge in [-0.15, -0.1) is 0 Å². The molecule has 0 saturated heterocycles. The van der Waals surface area contributed by atoms with Gasteiger partial charge in [0.1, 0.15) is 6.10 Å². The molecule has 1 aliphatic carbocycles. The van der Waals surface area contributed by atoms with Crippen molar-refractivity contribution in [3.05, 3.63) is 36.0 Å². The fraction of sp³-hybridized carbons (Fsp3) is 0.609. The molecule has 1 aromatic carbocycles. The van der Waals surface area contributed by atoms with Crippen molar-refractivity contribution in [1.29, 1.82) is 0 Å². The van der Waals surface area contributed by atoms with Gasteiger partial charge >= 0.3 is 16.3 Å². The highest BCUT2D eigenvalue weighted by Gasteiger charge is 2.34. The first-order valence-corrected chi connectivity index (χ1v) is 12.3. The summed E-state index contributed by atoms with van der Waals surface area (Å²) in [5.41, 5.74) is 0.438. The lowest BCUT2D eigenvalue weighted by Crippen LogP contribution is -2.36. The quantitative estimate of drug-likeness (QED) is 0.542. The molecule has 0 atom stereocenters. The van der Waals surface area contributed by atoms with Gasteiger partial charge < -0.3 is 9.64 Å². The van der Waals surface area contributed by atoms with Crippen LogP contribution in [0.5, 0.6) is 0 Å². The van der Waals surface area contributed by atoms with E-state index in [1.54, 1.807) is 32.2 Å². The minimum atomic E-state index is -4.11. The van der Waals surface area contributed by atoms with Crippen LogP contribution in [-0.2, 0) is 30.4 Å². The number of hydrogen-bond donors (Lipinski definition) is 0. The zero-order valence-electron chi connectivity index (χ0n) is 19.0. The molecule has 0 bridgehead atoms. The van der Waals surface area contributed by atoms with Crippen LogP contribution in [0, 0.1) is 5.41 Å². The van der Waals surface area contributed by atoms with Gasteiger partial charge in [-0.25, -0.2) is 3.97 Å². The number of hydrogen-bond acceptors (Lipinski definition) is 6. The summed E-state index contributed by atoms with van der Waals surface area (Å²) in [6, 6.07) is 7.37. The van der Waals surface area contributed by atoms with Crippen LogP contribution in [0.25, 0.3) is 10.9 Å². The minimum Gasteiger partial charge on any atom is -0.462 e. The van der Waals surface area contributed by atoms with Gasteiger partial charge in [0.15, 0.2) is 0 Å². The first-order chi connectivity index (χ1) is 14.6. The molecule has 2 aromatic rings. The minimum absolute atomic E-state index is 0.0789. The smallest absolute Gasteiger partial charge is 0.366 e. The number of carbonyl (C=O) groups excluding carboxylic acids is 1. The standard InChI is InChI=1S/C23H34N2O5S/c1-23(2,22(26)30-19-10-6-5-7-11-19)17-29-31(27,28)25-16-18(14-15-24(3)4)20-12-8-9-13-21(20)25/h8-9,12-13,16,19H,5-7,10-11,14-15,17H2,1-4H3. The van der Waals surface area contributed by atoms with Crippen LogP contribution in [0.15, 0.2) is 30.5 Å². The van der Waals surface area contributed by atoms with E-state index in [0.29, 0.717) is 5.52 Å². The van der Waals surface area contributed by atoms with Crippen molar-refractivity contribution in [1.82, 2.24) is 8.87 Å². The maximum absolute atomic E-state index is 13.0. The lowest BCUT2D eigenvalue weighted by atomic mass is 9.94. The Balaban J connectivity index is 1.74. The number of rotatable bonds is 9. The Morgan fingerprint density at radius 2 is 1.84 bits per heavy atom. The van der Waals surface area contributed by atoms with Crippen LogP contribution in [0.3, 0.4) is 0 Å². The predicted molar refractivity (Wildman–Crippen MR) is 121 cm³/mol. The molecule has 0 spiro atoms. The van der Waals surface area contributed by atoms with Gasteiger partial charge in [-0.1, -0.05) is 24.6 Å². The summed E-state index contributed by atoms with van der Waals surface area (Å²) >= 11 is 0. The highest BCUT2D eigenvalue weighted by molar-refractivity contribution is 7.85. The van der Waals surface area contributed by atoms with E-state index in [9.17, 15) is 13.2 Å². The number of esters is 1. The first-order valence-electron chi connectivity index (χ1n) is 10.9. The Morgan fingerprint density at radius 3 is 2.52 bits per heavy atom. The van der Waals surface area contributed by atoms with Crippen LogP contribution in [0.4, 0.5) is 0 Å². The van der Waals surface area contributed by atoms with Crippen molar-refractivity contribution < 1.29 is 22.1 Å². The lowest BCUT2D eigenvalue weighted by Gasteiger charge is -2.28. The number of aromatic nitrogens is 1. The Kier molecular flexibility index (Phi) is 7.44. The maximum atomic E-state index is 13.0. The highest BCUT2D eigenvalue weighted by atomic mass is 32.2. The van der Waals surface area contributed by atoms with Gasteiger partial charge in [-0.2, -0.15) is 8.42 Å². The van der Waals surface area contributed by atoms with Gasteiger partial charge in [0.25, 0.3) is 0 Å². The molecule has 8 heteroatoms. The van der Waals surface area contributed by atoms with Crippen molar-refractivity contribution in [2.75, 3.05) is 27.2 Å². The number of benzene rings is 1. The average Bonchev–Trinajstić information content (AvgIpc) is 3.11. The summed E-state index contributed by atoms with van der Waals surface area (Å²) in [5, 5.41) is 0.882. The van der Waals surface area contributed by atoms with E-state index in [1.807, 2.05) is 26.2 Å². The number of ether oxygens (including phenoxy) is 1. The molecule has 1 aliphatic rings. The molecule has 172 valence electrons. The highest BCUT2D eigenvalue weighted by Crippen LogP contribution is 2.28. The van der Waals surface area contributed by atoms with Gasteiger partial charge in [0.05, 0.1) is 17.5 Å². The Hall–Kier alpha value is -1.90. The normalized spacial score (nSPS) is 16.2. The average molecular weight is 451 g/mol. The fourth-order valence-electron chi connectivity index (χ4n) is 3.78. The summed E-state index contributed by atoms with van der Waals surface area (Å²) in [7, 11) is -0.150. The molecule has 0 unspecified atom stereocenters. The van der Waals surface area contributed by atoms with Gasteiger partial charge in [-0.05, 0) is 71.7 Å². The lowest BCUT2D eigenvalue weighted by molar-refractivity contribution is -0.162.